The van der Waals surface area contributed by atoms with E-state index in [0.717, 1.165) is 17.8 Å². The summed E-state index contributed by atoms with van der Waals surface area (Å²) in [5.41, 5.74) is 3.81. The lowest BCUT2D eigenvalue weighted by Gasteiger charge is -2.60. The lowest BCUT2D eigenvalue weighted by Crippen LogP contribution is -2.61. The first-order valence-corrected chi connectivity index (χ1v) is 11.0. The van der Waals surface area contributed by atoms with E-state index in [1.54, 1.807) is 5.57 Å². The van der Waals surface area contributed by atoms with Crippen molar-refractivity contribution in [2.24, 2.45) is 23.2 Å². The Morgan fingerprint density at radius 3 is 2.81 bits per heavy atom. The number of hydrogen-bond donors (Lipinski definition) is 0. The highest BCUT2D eigenvalue weighted by Crippen LogP contribution is 2.63. The Morgan fingerprint density at radius 1 is 1.04 bits per heavy atom. The van der Waals surface area contributed by atoms with Crippen LogP contribution in [-0.4, -0.2) is 28.5 Å². The summed E-state index contributed by atoms with van der Waals surface area (Å²) in [7, 11) is 0. The molecule has 5 atom stereocenters. The maximum absolute atomic E-state index is 4.41. The summed E-state index contributed by atoms with van der Waals surface area (Å²) in [6, 6.07) is 4.37. The number of allylic oxidation sites excluding steroid dienone is 2. The predicted octanol–water partition coefficient (Wildman–Crippen LogP) is 5.56. The molecule has 0 amide bonds. The highest BCUT2D eigenvalue weighted by Gasteiger charge is 2.57. The SMILES string of the molecule is C[C@]12CCC3C(CCN4CCCCC[C@]34C)C1CC=C2c1cccnc1. The van der Waals surface area contributed by atoms with Crippen molar-refractivity contribution >= 4 is 5.57 Å². The molecule has 0 aromatic carbocycles. The maximum atomic E-state index is 4.41. The fraction of sp³-hybridized carbons (Fsp3) is 0.708. The van der Waals surface area contributed by atoms with Gasteiger partial charge in [0.05, 0.1) is 0 Å². The van der Waals surface area contributed by atoms with Gasteiger partial charge in [0.15, 0.2) is 0 Å². The predicted molar refractivity (Wildman–Crippen MR) is 108 cm³/mol. The van der Waals surface area contributed by atoms with Crippen molar-refractivity contribution in [3.8, 4) is 0 Å². The lowest BCUT2D eigenvalue weighted by molar-refractivity contribution is -0.0868. The Labute approximate surface area is 159 Å². The summed E-state index contributed by atoms with van der Waals surface area (Å²) in [5, 5.41) is 0. The first kappa shape index (κ1) is 17.0. The average molecular weight is 351 g/mol. The Kier molecular flexibility index (Phi) is 4.04. The van der Waals surface area contributed by atoms with Crippen LogP contribution in [0.1, 0.15) is 70.8 Å². The summed E-state index contributed by atoms with van der Waals surface area (Å²) in [6.07, 6.45) is 17.8. The molecular weight excluding hydrogens is 316 g/mol. The van der Waals surface area contributed by atoms with E-state index in [4.69, 9.17) is 0 Å². The molecule has 2 heteroatoms. The van der Waals surface area contributed by atoms with E-state index in [1.807, 2.05) is 6.20 Å². The zero-order valence-electron chi connectivity index (χ0n) is 16.6. The summed E-state index contributed by atoms with van der Waals surface area (Å²) in [6.45, 7) is 7.89. The van der Waals surface area contributed by atoms with Gasteiger partial charge >= 0.3 is 0 Å². The fourth-order valence-electron chi connectivity index (χ4n) is 7.47. The molecule has 2 saturated heterocycles. The summed E-state index contributed by atoms with van der Waals surface area (Å²) < 4.78 is 0. The molecule has 3 fully saturated rings. The summed E-state index contributed by atoms with van der Waals surface area (Å²) >= 11 is 0. The second kappa shape index (κ2) is 6.19. The van der Waals surface area contributed by atoms with Crippen LogP contribution in [0.2, 0.25) is 0 Å². The molecule has 4 aliphatic rings. The minimum atomic E-state index is 0.369. The van der Waals surface area contributed by atoms with E-state index in [0.29, 0.717) is 11.0 Å². The number of nitrogens with zero attached hydrogens (tertiary/aromatic N) is 2. The van der Waals surface area contributed by atoms with Crippen LogP contribution < -0.4 is 0 Å². The molecule has 3 unspecified atom stereocenters. The molecule has 1 saturated carbocycles. The van der Waals surface area contributed by atoms with Crippen molar-refractivity contribution in [2.45, 2.75) is 70.8 Å². The lowest BCUT2D eigenvalue weighted by atomic mass is 9.52. The number of hydrogen-bond acceptors (Lipinski definition) is 2. The van der Waals surface area contributed by atoms with Crippen LogP contribution in [-0.2, 0) is 0 Å². The quantitative estimate of drug-likeness (QED) is 0.659. The fourth-order valence-corrected chi connectivity index (χ4v) is 7.47. The molecule has 5 rings (SSSR count). The topological polar surface area (TPSA) is 16.1 Å². The standard InChI is InChI=1S/C24H34N2/c1-23-13-10-22-19(11-16-26-15-5-3-4-12-24(22,26)2)21(23)9-8-20(23)18-7-6-14-25-17-18/h6-8,14,17,19,21-22H,3-5,9-13,15-16H2,1-2H3/t19?,21?,22?,23-,24-/m1/s1. The molecule has 2 aliphatic heterocycles. The van der Waals surface area contributed by atoms with E-state index < -0.39 is 0 Å². The van der Waals surface area contributed by atoms with Gasteiger partial charge in [0.1, 0.15) is 0 Å². The molecule has 0 bridgehead atoms. The van der Waals surface area contributed by atoms with Crippen LogP contribution in [0.5, 0.6) is 0 Å². The van der Waals surface area contributed by atoms with Crippen molar-refractivity contribution in [3.63, 3.8) is 0 Å². The molecule has 26 heavy (non-hydrogen) atoms. The van der Waals surface area contributed by atoms with Crippen LogP contribution in [0, 0.1) is 23.2 Å². The first-order valence-electron chi connectivity index (χ1n) is 11.0. The van der Waals surface area contributed by atoms with E-state index in [-0.39, 0.29) is 0 Å². The van der Waals surface area contributed by atoms with Gasteiger partial charge in [-0.15, -0.1) is 0 Å². The zero-order valence-corrected chi connectivity index (χ0v) is 16.6. The summed E-state index contributed by atoms with van der Waals surface area (Å²) in [4.78, 5) is 7.30. The third-order valence-corrected chi connectivity index (χ3v) is 8.85. The van der Waals surface area contributed by atoms with Gasteiger partial charge in [0.25, 0.3) is 0 Å². The Morgan fingerprint density at radius 2 is 1.96 bits per heavy atom. The van der Waals surface area contributed by atoms with Crippen LogP contribution >= 0.6 is 0 Å². The summed E-state index contributed by atoms with van der Waals surface area (Å²) in [5.74, 6) is 2.67. The van der Waals surface area contributed by atoms with Gasteiger partial charge in [0.2, 0.25) is 0 Å². The van der Waals surface area contributed by atoms with Gasteiger partial charge in [-0.3, -0.25) is 9.88 Å². The highest BCUT2D eigenvalue weighted by atomic mass is 15.2. The third-order valence-electron chi connectivity index (χ3n) is 8.85. The Bertz CT molecular complexity index is 695. The minimum absolute atomic E-state index is 0.369. The van der Waals surface area contributed by atoms with Crippen molar-refractivity contribution in [1.29, 1.82) is 0 Å². The molecule has 0 N–H and O–H groups in total. The molecule has 2 nitrogen and oxygen atoms in total. The zero-order chi connectivity index (χ0) is 17.8. The van der Waals surface area contributed by atoms with Crippen LogP contribution in [0.3, 0.4) is 0 Å². The van der Waals surface area contributed by atoms with Gasteiger partial charge in [0, 0.05) is 17.9 Å². The van der Waals surface area contributed by atoms with Gasteiger partial charge < -0.3 is 0 Å². The maximum Gasteiger partial charge on any atom is 0.0343 e. The van der Waals surface area contributed by atoms with E-state index >= 15 is 0 Å². The Balaban J connectivity index is 1.45. The van der Waals surface area contributed by atoms with E-state index in [2.05, 4.69) is 48.1 Å². The third kappa shape index (κ3) is 2.37. The molecular formula is C24H34N2. The minimum Gasteiger partial charge on any atom is -0.298 e. The van der Waals surface area contributed by atoms with Crippen LogP contribution in [0.15, 0.2) is 30.6 Å². The highest BCUT2D eigenvalue weighted by molar-refractivity contribution is 5.72. The van der Waals surface area contributed by atoms with Gasteiger partial charge in [-0.25, -0.2) is 0 Å². The average Bonchev–Trinajstić information content (AvgIpc) is 2.88. The smallest absolute Gasteiger partial charge is 0.0343 e. The second-order valence-corrected chi connectivity index (χ2v) is 9.87. The number of fused-ring (bicyclic) bond motifs is 5. The number of piperidine rings is 1. The van der Waals surface area contributed by atoms with Crippen LogP contribution in [0.4, 0.5) is 0 Å². The molecule has 0 spiro atoms. The Hall–Kier alpha value is -1.15. The molecule has 2 aliphatic carbocycles. The first-order chi connectivity index (χ1) is 12.6. The largest absolute Gasteiger partial charge is 0.298 e. The molecule has 1 aromatic rings. The number of aromatic nitrogens is 1. The van der Waals surface area contributed by atoms with Crippen molar-refractivity contribution in [2.75, 3.05) is 13.1 Å². The van der Waals surface area contributed by atoms with Gasteiger partial charge in [-0.1, -0.05) is 31.9 Å². The normalized spacial score (nSPS) is 43.0. The van der Waals surface area contributed by atoms with E-state index in [9.17, 15) is 0 Å². The monoisotopic (exact) mass is 350 g/mol. The molecule has 0 radical (unpaired) electrons. The van der Waals surface area contributed by atoms with Crippen molar-refractivity contribution < 1.29 is 0 Å². The molecule has 1 aromatic heterocycles. The molecule has 140 valence electrons. The molecule has 3 heterocycles. The van der Waals surface area contributed by atoms with Crippen molar-refractivity contribution in [3.05, 3.63) is 36.2 Å². The van der Waals surface area contributed by atoms with Crippen molar-refractivity contribution in [1.82, 2.24) is 9.88 Å². The number of pyridine rings is 1. The number of rotatable bonds is 1. The second-order valence-electron chi connectivity index (χ2n) is 9.87. The van der Waals surface area contributed by atoms with E-state index in [1.165, 1.54) is 70.0 Å². The van der Waals surface area contributed by atoms with Gasteiger partial charge in [-0.2, -0.15) is 0 Å². The van der Waals surface area contributed by atoms with Gasteiger partial charge in [-0.05, 0) is 98.9 Å². The van der Waals surface area contributed by atoms with Crippen LogP contribution in [0.25, 0.3) is 5.57 Å².